The van der Waals surface area contributed by atoms with Gasteiger partial charge in [-0.05, 0) is 81.1 Å². The van der Waals surface area contributed by atoms with Crippen molar-refractivity contribution in [1.82, 2.24) is 19.1 Å². The highest BCUT2D eigenvalue weighted by Gasteiger charge is 2.33. The second-order valence-electron chi connectivity index (χ2n) is 15.7. The molecule has 2 unspecified atom stereocenters. The fraction of sp³-hybridized carbons (Fsp3) is 0.0370. The Kier molecular flexibility index (Phi) is 6.53. The van der Waals surface area contributed by atoms with E-state index < -0.39 is 0 Å². The van der Waals surface area contributed by atoms with E-state index in [0.717, 1.165) is 38.9 Å². The number of fused-ring (bicyclic) bond motifs is 14. The third-order valence-corrected chi connectivity index (χ3v) is 12.7. The molecule has 0 aliphatic heterocycles. The number of nitrogens with zero attached hydrogens (tertiary/aromatic N) is 4. The van der Waals surface area contributed by atoms with E-state index in [4.69, 9.17) is 9.97 Å². The number of rotatable bonds is 3. The van der Waals surface area contributed by atoms with Crippen LogP contribution in [0, 0.1) is 0 Å². The Balaban J connectivity index is 1.08. The summed E-state index contributed by atoms with van der Waals surface area (Å²) in [5.41, 5.74) is 14.0. The zero-order valence-corrected chi connectivity index (χ0v) is 31.4. The second-order valence-corrected chi connectivity index (χ2v) is 15.7. The minimum Gasteiger partial charge on any atom is -0.309 e. The maximum absolute atomic E-state index is 5.60. The minimum absolute atomic E-state index is 0.191. The van der Waals surface area contributed by atoms with Gasteiger partial charge < -0.3 is 4.57 Å². The van der Waals surface area contributed by atoms with E-state index in [1.165, 1.54) is 65.6 Å². The van der Waals surface area contributed by atoms with Crippen molar-refractivity contribution in [1.29, 1.82) is 0 Å². The van der Waals surface area contributed by atoms with Crippen LogP contribution in [-0.2, 0) is 0 Å². The molecule has 270 valence electrons. The molecule has 0 amide bonds. The lowest BCUT2D eigenvalue weighted by Gasteiger charge is -2.34. The van der Waals surface area contributed by atoms with Gasteiger partial charge in [-0.15, -0.1) is 0 Å². The smallest absolute Gasteiger partial charge is 0.235 e. The molecule has 0 saturated heterocycles. The zero-order chi connectivity index (χ0) is 37.9. The highest BCUT2D eigenvalue weighted by molar-refractivity contribution is 6.15. The first-order valence-electron chi connectivity index (χ1n) is 20.1. The van der Waals surface area contributed by atoms with Crippen molar-refractivity contribution in [3.8, 4) is 22.8 Å². The monoisotopic (exact) mass is 738 g/mol. The van der Waals surface area contributed by atoms with Crippen LogP contribution in [0.4, 0.5) is 0 Å². The van der Waals surface area contributed by atoms with Crippen LogP contribution in [0.5, 0.6) is 0 Å². The van der Waals surface area contributed by atoms with Gasteiger partial charge >= 0.3 is 0 Å². The van der Waals surface area contributed by atoms with E-state index in [2.05, 4.69) is 203 Å². The van der Waals surface area contributed by atoms with Gasteiger partial charge in [0.1, 0.15) is 0 Å². The van der Waals surface area contributed by atoms with Gasteiger partial charge in [0, 0.05) is 44.5 Å². The first kappa shape index (κ1) is 31.6. The van der Waals surface area contributed by atoms with Crippen LogP contribution in [0.3, 0.4) is 0 Å². The van der Waals surface area contributed by atoms with Crippen LogP contribution in [-0.4, -0.2) is 19.1 Å². The molecule has 2 aliphatic rings. The predicted octanol–water partition coefficient (Wildman–Crippen LogP) is 13.5. The average Bonchev–Trinajstić information content (AvgIpc) is 3.79. The van der Waals surface area contributed by atoms with Crippen molar-refractivity contribution in [3.63, 3.8) is 0 Å². The largest absolute Gasteiger partial charge is 0.309 e. The van der Waals surface area contributed by atoms with Gasteiger partial charge in [0.15, 0.2) is 0 Å². The molecule has 4 nitrogen and oxygen atoms in total. The summed E-state index contributed by atoms with van der Waals surface area (Å²) in [6.45, 7) is 0. The van der Waals surface area contributed by atoms with Crippen LogP contribution in [0.2, 0.25) is 0 Å². The molecular formula is C54H34N4. The Bertz CT molecular complexity index is 3540. The van der Waals surface area contributed by atoms with Crippen LogP contribution in [0.15, 0.2) is 194 Å². The van der Waals surface area contributed by atoms with Crippen molar-refractivity contribution < 1.29 is 0 Å². The van der Waals surface area contributed by atoms with Crippen molar-refractivity contribution in [2.75, 3.05) is 0 Å². The predicted molar refractivity (Wildman–Crippen MR) is 240 cm³/mol. The average molecular weight is 739 g/mol. The summed E-state index contributed by atoms with van der Waals surface area (Å²) in [6.07, 6.45) is 7.15. The van der Waals surface area contributed by atoms with Crippen LogP contribution < -0.4 is 0 Å². The van der Waals surface area contributed by atoms with Gasteiger partial charge in [0.2, 0.25) is 5.95 Å². The summed E-state index contributed by atoms with van der Waals surface area (Å²) in [6, 6.07) is 63.8. The molecule has 3 aromatic heterocycles. The Morgan fingerprint density at radius 3 is 1.76 bits per heavy atom. The van der Waals surface area contributed by atoms with Crippen LogP contribution in [0.1, 0.15) is 28.7 Å². The molecule has 0 spiro atoms. The van der Waals surface area contributed by atoms with Gasteiger partial charge in [-0.25, -0.2) is 9.97 Å². The minimum atomic E-state index is 0.191. The fourth-order valence-corrected chi connectivity index (χ4v) is 10.1. The second kappa shape index (κ2) is 12.0. The fourth-order valence-electron chi connectivity index (χ4n) is 10.1. The topological polar surface area (TPSA) is 35.6 Å². The SMILES string of the molecule is C1=CC2c3ccccc3-c3ccccc3C2C=C1c1nc(-n2c3cc(-n4c5ccccc5c5ccccc54)ccc3c3cc4ccccc4cc32)nc2ccccc12. The third-order valence-electron chi connectivity index (χ3n) is 12.7. The van der Waals surface area contributed by atoms with Gasteiger partial charge in [-0.2, -0.15) is 0 Å². The third kappa shape index (κ3) is 4.45. The number of aromatic nitrogens is 4. The van der Waals surface area contributed by atoms with Gasteiger partial charge in [0.25, 0.3) is 0 Å². The number of benzene rings is 8. The maximum Gasteiger partial charge on any atom is 0.235 e. The lowest BCUT2D eigenvalue weighted by molar-refractivity contribution is 0.722. The molecule has 8 aromatic carbocycles. The number of allylic oxidation sites excluding steroid dienone is 4. The first-order valence-corrected chi connectivity index (χ1v) is 20.1. The molecule has 58 heavy (non-hydrogen) atoms. The molecule has 13 rings (SSSR count). The summed E-state index contributed by atoms with van der Waals surface area (Å²) in [7, 11) is 0. The zero-order valence-electron chi connectivity index (χ0n) is 31.4. The lowest BCUT2D eigenvalue weighted by Crippen LogP contribution is -2.17. The lowest BCUT2D eigenvalue weighted by atomic mass is 9.69. The summed E-state index contributed by atoms with van der Waals surface area (Å²) in [5.74, 6) is 1.11. The molecule has 4 heteroatoms. The Labute approximate surface area is 334 Å². The van der Waals surface area contributed by atoms with E-state index in [0.29, 0.717) is 5.95 Å². The Morgan fingerprint density at radius 1 is 0.414 bits per heavy atom. The quantitative estimate of drug-likeness (QED) is 0.181. The Morgan fingerprint density at radius 2 is 1.00 bits per heavy atom. The van der Waals surface area contributed by atoms with E-state index in [-0.39, 0.29) is 11.8 Å². The van der Waals surface area contributed by atoms with E-state index in [1.54, 1.807) is 0 Å². The number of para-hydroxylation sites is 3. The summed E-state index contributed by atoms with van der Waals surface area (Å²) >= 11 is 0. The van der Waals surface area contributed by atoms with Crippen LogP contribution >= 0.6 is 0 Å². The molecule has 0 bridgehead atoms. The molecule has 0 saturated carbocycles. The maximum atomic E-state index is 5.60. The van der Waals surface area contributed by atoms with E-state index >= 15 is 0 Å². The highest BCUT2D eigenvalue weighted by Crippen LogP contribution is 2.51. The molecule has 11 aromatic rings. The molecule has 3 heterocycles. The Hall–Kier alpha value is -7.56. The molecule has 2 atom stereocenters. The number of hydrogen-bond acceptors (Lipinski definition) is 2. The molecule has 0 fully saturated rings. The van der Waals surface area contributed by atoms with Gasteiger partial charge in [-0.1, -0.05) is 152 Å². The standard InChI is InChI=1S/C54H34N4/c1-2-14-34-31-51-47(29-33(34)13-1)44-28-26-36(57-49-23-11-8-19-42(49)43-20-9-12-24-50(43)57)32-52(44)58(51)54-55-48-22-10-7-21-45(48)53(56-54)35-25-27-41-39-17-4-3-15-37(39)38-16-5-6-18-40(38)46(41)30-35/h1-32,41,46H. The normalized spacial score (nSPS) is 16.0. The first-order chi connectivity index (χ1) is 28.8. The molecule has 0 radical (unpaired) electrons. The van der Waals surface area contributed by atoms with Crippen LogP contribution in [0.25, 0.3) is 93.6 Å². The molecule has 0 N–H and O–H groups in total. The van der Waals surface area contributed by atoms with Crippen molar-refractivity contribution in [3.05, 3.63) is 211 Å². The van der Waals surface area contributed by atoms with E-state index in [1.807, 2.05) is 0 Å². The summed E-state index contributed by atoms with van der Waals surface area (Å²) < 4.78 is 4.69. The summed E-state index contributed by atoms with van der Waals surface area (Å²) in [4.78, 5) is 11.0. The number of hydrogen-bond donors (Lipinski definition) is 0. The highest BCUT2D eigenvalue weighted by atomic mass is 15.2. The van der Waals surface area contributed by atoms with Crippen molar-refractivity contribution >= 4 is 70.9 Å². The van der Waals surface area contributed by atoms with Gasteiger partial charge in [0.05, 0.1) is 33.3 Å². The van der Waals surface area contributed by atoms with Gasteiger partial charge in [-0.3, -0.25) is 4.57 Å². The molecule has 2 aliphatic carbocycles. The van der Waals surface area contributed by atoms with Crippen molar-refractivity contribution in [2.24, 2.45) is 0 Å². The van der Waals surface area contributed by atoms with Crippen molar-refractivity contribution in [2.45, 2.75) is 11.8 Å². The van der Waals surface area contributed by atoms with E-state index in [9.17, 15) is 0 Å². The summed E-state index contributed by atoms with van der Waals surface area (Å²) in [5, 5.41) is 8.27. The molecular weight excluding hydrogens is 705 g/mol.